The maximum absolute atomic E-state index is 3.96. The first kappa shape index (κ1) is 15.0. The smallest absolute Gasteiger partial charge is 0.00754 e. The summed E-state index contributed by atoms with van der Waals surface area (Å²) in [5.74, 6) is 0.384. The van der Waals surface area contributed by atoms with Crippen LogP contribution in [0.5, 0.6) is 0 Å². The summed E-state index contributed by atoms with van der Waals surface area (Å²) >= 11 is 0. The largest absolute Gasteiger partial charge is 0.0991 e. The summed E-state index contributed by atoms with van der Waals surface area (Å²) in [5.41, 5.74) is 3.45. The van der Waals surface area contributed by atoms with Crippen LogP contribution in [0, 0.1) is 5.92 Å². The van der Waals surface area contributed by atoms with Gasteiger partial charge in [0.15, 0.2) is 0 Å². The van der Waals surface area contributed by atoms with Crippen LogP contribution < -0.4 is 0 Å². The van der Waals surface area contributed by atoms with Crippen molar-refractivity contribution < 1.29 is 0 Å². The highest BCUT2D eigenvalue weighted by molar-refractivity contribution is 5.75. The molecule has 0 amide bonds. The summed E-state index contributed by atoms with van der Waals surface area (Å²) in [4.78, 5) is 0. The zero-order chi connectivity index (χ0) is 14.1. The van der Waals surface area contributed by atoms with Crippen LogP contribution >= 0.6 is 0 Å². The summed E-state index contributed by atoms with van der Waals surface area (Å²) < 4.78 is 0. The molecule has 0 aliphatic rings. The minimum atomic E-state index is 0.384. The molecule has 1 aromatic carbocycles. The van der Waals surface area contributed by atoms with E-state index in [0.717, 1.165) is 5.57 Å². The Balaban J connectivity index is 2.95. The van der Waals surface area contributed by atoms with E-state index in [2.05, 4.69) is 68.7 Å². The number of rotatable bonds is 6. The van der Waals surface area contributed by atoms with E-state index < -0.39 is 0 Å². The highest BCUT2D eigenvalue weighted by atomic mass is 14.0. The van der Waals surface area contributed by atoms with Crippen molar-refractivity contribution in [2.45, 2.75) is 13.8 Å². The van der Waals surface area contributed by atoms with Crippen LogP contribution in [-0.2, 0) is 0 Å². The molecule has 0 saturated heterocycles. The van der Waals surface area contributed by atoms with Crippen LogP contribution in [0.3, 0.4) is 0 Å². The lowest BCUT2D eigenvalue weighted by atomic mass is 10.0. The third-order valence-corrected chi connectivity index (χ3v) is 2.64. The molecule has 19 heavy (non-hydrogen) atoms. The SMILES string of the molecule is C=C/C=C\C(C)/C=C/C(=C\C(=C)C)c1ccccc1. The quantitative estimate of drug-likeness (QED) is 0.578. The Morgan fingerprint density at radius 2 is 1.84 bits per heavy atom. The maximum atomic E-state index is 3.96. The van der Waals surface area contributed by atoms with Gasteiger partial charge in [0.1, 0.15) is 0 Å². The van der Waals surface area contributed by atoms with Crippen molar-refractivity contribution in [2.75, 3.05) is 0 Å². The van der Waals surface area contributed by atoms with Crippen LogP contribution in [-0.4, -0.2) is 0 Å². The van der Waals surface area contributed by atoms with Gasteiger partial charge in [0.25, 0.3) is 0 Å². The van der Waals surface area contributed by atoms with Gasteiger partial charge in [-0.3, -0.25) is 0 Å². The van der Waals surface area contributed by atoms with Gasteiger partial charge in [0, 0.05) is 0 Å². The van der Waals surface area contributed by atoms with Crippen LogP contribution in [0.4, 0.5) is 0 Å². The van der Waals surface area contributed by atoms with E-state index in [9.17, 15) is 0 Å². The van der Waals surface area contributed by atoms with Crippen molar-refractivity contribution in [3.05, 3.63) is 91.1 Å². The first-order valence-corrected chi connectivity index (χ1v) is 6.53. The first-order chi connectivity index (χ1) is 9.13. The summed E-state index contributed by atoms with van der Waals surface area (Å²) in [5, 5.41) is 0. The zero-order valence-electron chi connectivity index (χ0n) is 11.8. The lowest BCUT2D eigenvalue weighted by Crippen LogP contribution is -1.85. The normalized spacial score (nSPS) is 13.9. The van der Waals surface area contributed by atoms with Crippen LogP contribution in [0.25, 0.3) is 5.57 Å². The van der Waals surface area contributed by atoms with E-state index in [1.165, 1.54) is 11.1 Å². The van der Waals surface area contributed by atoms with Crippen LogP contribution in [0.15, 0.2) is 85.5 Å². The summed E-state index contributed by atoms with van der Waals surface area (Å²) in [6.45, 7) is 11.8. The Morgan fingerprint density at radius 1 is 1.16 bits per heavy atom. The molecule has 0 nitrogen and oxygen atoms in total. The standard InChI is InChI=1S/C19H22/c1-5-6-10-17(4)13-14-19(15-16(2)3)18-11-8-7-9-12-18/h5-15,17H,1-2H2,3-4H3/b10-6-,14-13+,19-15+. The average molecular weight is 250 g/mol. The number of hydrogen-bond acceptors (Lipinski definition) is 0. The van der Waals surface area contributed by atoms with Gasteiger partial charge in [-0.2, -0.15) is 0 Å². The van der Waals surface area contributed by atoms with Crippen LogP contribution in [0.2, 0.25) is 0 Å². The lowest BCUT2D eigenvalue weighted by molar-refractivity contribution is 0.941. The van der Waals surface area contributed by atoms with E-state index in [0.29, 0.717) is 5.92 Å². The first-order valence-electron chi connectivity index (χ1n) is 6.53. The molecule has 1 aromatic rings. The third-order valence-electron chi connectivity index (χ3n) is 2.64. The highest BCUT2D eigenvalue weighted by Crippen LogP contribution is 2.18. The maximum Gasteiger partial charge on any atom is -0.00754 e. The van der Waals surface area contributed by atoms with Crippen molar-refractivity contribution in [1.82, 2.24) is 0 Å². The van der Waals surface area contributed by atoms with E-state index in [1.807, 2.05) is 19.1 Å². The molecule has 0 aliphatic heterocycles. The molecule has 0 fully saturated rings. The third kappa shape index (κ3) is 5.87. The van der Waals surface area contributed by atoms with Crippen molar-refractivity contribution in [2.24, 2.45) is 5.92 Å². The second-order valence-corrected chi connectivity index (χ2v) is 4.65. The van der Waals surface area contributed by atoms with Gasteiger partial charge in [-0.05, 0) is 24.0 Å². The predicted molar refractivity (Wildman–Crippen MR) is 86.9 cm³/mol. The van der Waals surface area contributed by atoms with Gasteiger partial charge in [-0.25, -0.2) is 0 Å². The fraction of sp³-hybridized carbons (Fsp3) is 0.158. The van der Waals surface area contributed by atoms with Gasteiger partial charge in [-0.15, -0.1) is 0 Å². The molecular weight excluding hydrogens is 228 g/mol. The number of benzene rings is 1. The molecule has 0 N–H and O–H groups in total. The second kappa shape index (κ2) is 8.10. The fourth-order valence-corrected chi connectivity index (χ4v) is 1.70. The van der Waals surface area contributed by atoms with E-state index in [4.69, 9.17) is 0 Å². The Hall–Kier alpha value is -2.08. The fourth-order valence-electron chi connectivity index (χ4n) is 1.70. The summed E-state index contributed by atoms with van der Waals surface area (Å²) in [6, 6.07) is 10.4. The average Bonchev–Trinajstić information content (AvgIpc) is 2.41. The van der Waals surface area contributed by atoms with Crippen molar-refractivity contribution in [1.29, 1.82) is 0 Å². The molecule has 1 rings (SSSR count). The molecule has 0 spiro atoms. The minimum Gasteiger partial charge on any atom is -0.0991 e. The molecule has 98 valence electrons. The number of hydrogen-bond donors (Lipinski definition) is 0. The molecule has 0 saturated carbocycles. The Bertz CT molecular complexity index is 498. The van der Waals surface area contributed by atoms with Crippen molar-refractivity contribution in [3.63, 3.8) is 0 Å². The zero-order valence-corrected chi connectivity index (χ0v) is 11.8. The van der Waals surface area contributed by atoms with Crippen molar-refractivity contribution in [3.8, 4) is 0 Å². The van der Waals surface area contributed by atoms with Gasteiger partial charge in [0.2, 0.25) is 0 Å². The second-order valence-electron chi connectivity index (χ2n) is 4.65. The molecule has 0 aromatic heterocycles. The molecule has 0 radical (unpaired) electrons. The number of allylic oxidation sites excluding steroid dienone is 8. The topological polar surface area (TPSA) is 0 Å². The van der Waals surface area contributed by atoms with Gasteiger partial charge in [-0.1, -0.05) is 92.4 Å². The van der Waals surface area contributed by atoms with Crippen molar-refractivity contribution >= 4 is 5.57 Å². The molecule has 1 atom stereocenters. The monoisotopic (exact) mass is 250 g/mol. The van der Waals surface area contributed by atoms with E-state index in [-0.39, 0.29) is 0 Å². The lowest BCUT2D eigenvalue weighted by Gasteiger charge is -2.04. The summed E-state index contributed by atoms with van der Waals surface area (Å²) in [6.07, 6.45) is 12.3. The molecule has 0 heteroatoms. The highest BCUT2D eigenvalue weighted by Gasteiger charge is 1.97. The minimum absolute atomic E-state index is 0.384. The molecule has 0 bridgehead atoms. The Labute approximate surface area is 117 Å². The predicted octanol–water partition coefficient (Wildman–Crippen LogP) is 5.58. The van der Waals surface area contributed by atoms with Gasteiger partial charge < -0.3 is 0 Å². The van der Waals surface area contributed by atoms with Gasteiger partial charge >= 0.3 is 0 Å². The Kier molecular flexibility index (Phi) is 6.38. The Morgan fingerprint density at radius 3 is 2.42 bits per heavy atom. The summed E-state index contributed by atoms with van der Waals surface area (Å²) in [7, 11) is 0. The van der Waals surface area contributed by atoms with E-state index >= 15 is 0 Å². The molecule has 0 aliphatic carbocycles. The molecule has 0 heterocycles. The molecular formula is C19H22. The van der Waals surface area contributed by atoms with Crippen LogP contribution in [0.1, 0.15) is 19.4 Å². The van der Waals surface area contributed by atoms with E-state index in [1.54, 1.807) is 6.08 Å². The van der Waals surface area contributed by atoms with Gasteiger partial charge in [0.05, 0.1) is 0 Å². The molecule has 1 unspecified atom stereocenters.